The molecule has 0 fully saturated rings. The summed E-state index contributed by atoms with van der Waals surface area (Å²) >= 11 is 6.32. The van der Waals surface area contributed by atoms with E-state index in [1.165, 1.54) is 0 Å². The van der Waals surface area contributed by atoms with Gasteiger partial charge in [-0.05, 0) is 32.0 Å². The molecule has 2 rings (SSSR count). The molecule has 2 aromatic rings. The van der Waals surface area contributed by atoms with Crippen LogP contribution in [0.3, 0.4) is 0 Å². The second-order valence-electron chi connectivity index (χ2n) is 5.94. The van der Waals surface area contributed by atoms with Crippen LogP contribution in [0.5, 0.6) is 5.75 Å². The standard InChI is InChI=1S/C18H25ClN4O2/c1-5-10-23(11-14-13(2)21-22(3)18(14)19)12-17(24)20-15-8-6-7-9-16(15)25-4/h6-9H,5,10-12H2,1-4H3,(H,20,24). The quantitative estimate of drug-likeness (QED) is 0.781. The molecule has 0 atom stereocenters. The number of ether oxygens (including phenoxy) is 1. The van der Waals surface area contributed by atoms with Crippen LogP contribution >= 0.6 is 11.6 Å². The number of hydrogen-bond acceptors (Lipinski definition) is 4. The third-order valence-corrected chi connectivity index (χ3v) is 4.41. The Kier molecular flexibility index (Phi) is 6.84. The Labute approximate surface area is 153 Å². The summed E-state index contributed by atoms with van der Waals surface area (Å²) in [5.74, 6) is 0.555. The van der Waals surface area contributed by atoms with Gasteiger partial charge in [0.05, 0.1) is 25.0 Å². The Bertz CT molecular complexity index is 730. The predicted molar refractivity (Wildman–Crippen MR) is 100 cm³/mol. The van der Waals surface area contributed by atoms with Crippen molar-refractivity contribution in [3.63, 3.8) is 0 Å². The molecular formula is C18H25ClN4O2. The van der Waals surface area contributed by atoms with E-state index in [-0.39, 0.29) is 12.5 Å². The summed E-state index contributed by atoms with van der Waals surface area (Å²) in [4.78, 5) is 14.5. The normalized spacial score (nSPS) is 11.0. The molecule has 0 bridgehead atoms. The number of nitrogens with one attached hydrogen (secondary N) is 1. The summed E-state index contributed by atoms with van der Waals surface area (Å²) in [6.45, 7) is 5.68. The number of anilines is 1. The predicted octanol–water partition coefficient (Wildman–Crippen LogP) is 3.24. The second kappa shape index (κ2) is 8.87. The van der Waals surface area contributed by atoms with Crippen molar-refractivity contribution in [1.82, 2.24) is 14.7 Å². The molecule has 0 aliphatic carbocycles. The molecular weight excluding hydrogens is 340 g/mol. The number of aryl methyl sites for hydroxylation is 2. The number of para-hydroxylation sites is 2. The van der Waals surface area contributed by atoms with Gasteiger partial charge >= 0.3 is 0 Å². The highest BCUT2D eigenvalue weighted by Gasteiger charge is 2.17. The van der Waals surface area contributed by atoms with Crippen LogP contribution < -0.4 is 10.1 Å². The van der Waals surface area contributed by atoms with E-state index in [9.17, 15) is 4.79 Å². The van der Waals surface area contributed by atoms with Gasteiger partial charge in [-0.3, -0.25) is 14.4 Å². The summed E-state index contributed by atoms with van der Waals surface area (Å²) in [6.07, 6.45) is 0.943. The molecule has 1 aromatic carbocycles. The van der Waals surface area contributed by atoms with Crippen LogP contribution in [0.1, 0.15) is 24.6 Å². The second-order valence-corrected chi connectivity index (χ2v) is 6.30. The van der Waals surface area contributed by atoms with Crippen LogP contribution in [-0.2, 0) is 18.4 Å². The van der Waals surface area contributed by atoms with E-state index in [1.54, 1.807) is 11.8 Å². The van der Waals surface area contributed by atoms with Crippen molar-refractivity contribution in [2.75, 3.05) is 25.5 Å². The first kappa shape index (κ1) is 19.3. The number of amides is 1. The zero-order chi connectivity index (χ0) is 18.4. The minimum atomic E-state index is -0.0874. The van der Waals surface area contributed by atoms with E-state index in [1.807, 2.05) is 38.2 Å². The number of halogens is 1. The van der Waals surface area contributed by atoms with E-state index < -0.39 is 0 Å². The van der Waals surface area contributed by atoms with Crippen LogP contribution in [0.15, 0.2) is 24.3 Å². The number of rotatable bonds is 8. The Hall–Kier alpha value is -2.05. The summed E-state index contributed by atoms with van der Waals surface area (Å²) in [6, 6.07) is 7.37. The number of nitrogens with zero attached hydrogens (tertiary/aromatic N) is 3. The molecule has 1 N–H and O–H groups in total. The third-order valence-electron chi connectivity index (χ3n) is 3.94. The van der Waals surface area contributed by atoms with E-state index in [4.69, 9.17) is 16.3 Å². The molecule has 0 aliphatic rings. The SMILES string of the molecule is CCCN(CC(=O)Nc1ccccc1OC)Cc1c(C)nn(C)c1Cl. The van der Waals surface area contributed by atoms with E-state index >= 15 is 0 Å². The summed E-state index contributed by atoms with van der Waals surface area (Å²) < 4.78 is 6.93. The lowest BCUT2D eigenvalue weighted by Gasteiger charge is -2.21. The highest BCUT2D eigenvalue weighted by Crippen LogP contribution is 2.23. The van der Waals surface area contributed by atoms with Crippen molar-refractivity contribution in [2.24, 2.45) is 7.05 Å². The molecule has 136 valence electrons. The van der Waals surface area contributed by atoms with Crippen molar-refractivity contribution in [3.05, 3.63) is 40.7 Å². The van der Waals surface area contributed by atoms with Crippen molar-refractivity contribution in [1.29, 1.82) is 0 Å². The van der Waals surface area contributed by atoms with Gasteiger partial charge in [0.25, 0.3) is 0 Å². The molecule has 25 heavy (non-hydrogen) atoms. The molecule has 0 unspecified atom stereocenters. The van der Waals surface area contributed by atoms with Crippen LogP contribution in [0, 0.1) is 6.92 Å². The molecule has 0 saturated heterocycles. The molecule has 7 heteroatoms. The lowest BCUT2D eigenvalue weighted by molar-refractivity contribution is -0.117. The Morgan fingerprint density at radius 3 is 2.72 bits per heavy atom. The van der Waals surface area contributed by atoms with E-state index in [0.717, 1.165) is 24.2 Å². The number of methoxy groups -OCH3 is 1. The molecule has 0 saturated carbocycles. The Balaban J connectivity index is 2.06. The zero-order valence-electron chi connectivity index (χ0n) is 15.2. The van der Waals surface area contributed by atoms with Crippen molar-refractivity contribution in [2.45, 2.75) is 26.8 Å². The van der Waals surface area contributed by atoms with Crippen molar-refractivity contribution in [3.8, 4) is 5.75 Å². The van der Waals surface area contributed by atoms with E-state index in [0.29, 0.717) is 23.1 Å². The molecule has 1 aromatic heterocycles. The van der Waals surface area contributed by atoms with Gasteiger partial charge in [-0.15, -0.1) is 0 Å². The number of aromatic nitrogens is 2. The van der Waals surface area contributed by atoms with Gasteiger partial charge in [0, 0.05) is 19.2 Å². The number of hydrogen-bond donors (Lipinski definition) is 1. The average Bonchev–Trinajstić information content (AvgIpc) is 2.81. The smallest absolute Gasteiger partial charge is 0.238 e. The van der Waals surface area contributed by atoms with Gasteiger partial charge in [0.2, 0.25) is 5.91 Å². The van der Waals surface area contributed by atoms with Gasteiger partial charge in [0.15, 0.2) is 0 Å². The van der Waals surface area contributed by atoms with Crippen LogP contribution in [0.2, 0.25) is 5.15 Å². The Morgan fingerprint density at radius 1 is 1.40 bits per heavy atom. The van der Waals surface area contributed by atoms with Crippen LogP contribution in [0.25, 0.3) is 0 Å². The molecule has 0 radical (unpaired) electrons. The highest BCUT2D eigenvalue weighted by atomic mass is 35.5. The average molecular weight is 365 g/mol. The fraction of sp³-hybridized carbons (Fsp3) is 0.444. The molecule has 6 nitrogen and oxygen atoms in total. The third kappa shape index (κ3) is 4.96. The lowest BCUT2D eigenvalue weighted by atomic mass is 10.2. The largest absolute Gasteiger partial charge is 0.495 e. The molecule has 0 aliphatic heterocycles. The van der Waals surface area contributed by atoms with Gasteiger partial charge in [-0.2, -0.15) is 5.10 Å². The maximum Gasteiger partial charge on any atom is 0.238 e. The lowest BCUT2D eigenvalue weighted by Crippen LogP contribution is -2.33. The van der Waals surface area contributed by atoms with Crippen LogP contribution in [-0.4, -0.2) is 40.8 Å². The van der Waals surface area contributed by atoms with Gasteiger partial charge < -0.3 is 10.1 Å². The number of benzene rings is 1. The molecule has 0 spiro atoms. The monoisotopic (exact) mass is 364 g/mol. The summed E-state index contributed by atoms with van der Waals surface area (Å²) in [7, 11) is 3.40. The summed E-state index contributed by atoms with van der Waals surface area (Å²) in [5, 5.41) is 7.86. The minimum absolute atomic E-state index is 0.0874. The van der Waals surface area contributed by atoms with Gasteiger partial charge in [0.1, 0.15) is 10.9 Å². The fourth-order valence-electron chi connectivity index (χ4n) is 2.75. The Morgan fingerprint density at radius 2 is 2.12 bits per heavy atom. The van der Waals surface area contributed by atoms with Crippen molar-refractivity contribution < 1.29 is 9.53 Å². The maximum absolute atomic E-state index is 12.5. The molecule has 1 heterocycles. The first-order chi connectivity index (χ1) is 12.0. The number of carbonyl (C=O) groups excluding carboxylic acids is 1. The topological polar surface area (TPSA) is 59.4 Å². The minimum Gasteiger partial charge on any atom is -0.495 e. The first-order valence-electron chi connectivity index (χ1n) is 8.29. The zero-order valence-corrected chi connectivity index (χ0v) is 15.9. The maximum atomic E-state index is 12.5. The highest BCUT2D eigenvalue weighted by molar-refractivity contribution is 6.30. The molecule has 1 amide bonds. The van der Waals surface area contributed by atoms with E-state index in [2.05, 4.69) is 22.2 Å². The van der Waals surface area contributed by atoms with Gasteiger partial charge in [-0.25, -0.2) is 0 Å². The van der Waals surface area contributed by atoms with Crippen LogP contribution in [0.4, 0.5) is 5.69 Å². The van der Waals surface area contributed by atoms with Crippen molar-refractivity contribution >= 4 is 23.2 Å². The fourth-order valence-corrected chi connectivity index (χ4v) is 2.98. The van der Waals surface area contributed by atoms with Gasteiger partial charge in [-0.1, -0.05) is 30.7 Å². The number of carbonyl (C=O) groups is 1. The first-order valence-corrected chi connectivity index (χ1v) is 8.67. The summed E-state index contributed by atoms with van der Waals surface area (Å²) in [5.41, 5.74) is 2.52.